The van der Waals surface area contributed by atoms with Crippen molar-refractivity contribution in [2.45, 2.75) is 32.8 Å². The second-order valence-electron chi connectivity index (χ2n) is 4.71. The van der Waals surface area contributed by atoms with Gasteiger partial charge < -0.3 is 14.6 Å². The summed E-state index contributed by atoms with van der Waals surface area (Å²) in [7, 11) is 1.30. The third kappa shape index (κ3) is 2.57. The molecule has 4 nitrogen and oxygen atoms in total. The Morgan fingerprint density at radius 3 is 2.53 bits per heavy atom. The topological polar surface area (TPSA) is 55.8 Å². The van der Waals surface area contributed by atoms with Crippen LogP contribution < -0.4 is 4.74 Å². The number of benzene rings is 1. The van der Waals surface area contributed by atoms with E-state index in [1.807, 2.05) is 0 Å². The van der Waals surface area contributed by atoms with Gasteiger partial charge in [-0.2, -0.15) is 0 Å². The van der Waals surface area contributed by atoms with Gasteiger partial charge in [0.05, 0.1) is 7.11 Å². The van der Waals surface area contributed by atoms with E-state index in [2.05, 4.69) is 16.9 Å². The van der Waals surface area contributed by atoms with Crippen molar-refractivity contribution in [1.29, 1.82) is 0 Å². The molecule has 0 saturated carbocycles. The molecular weight excluding hydrogens is 244 g/mol. The average molecular weight is 262 g/mol. The van der Waals surface area contributed by atoms with E-state index in [9.17, 15) is 9.90 Å². The number of esters is 1. The zero-order chi connectivity index (χ0) is 14.0. The van der Waals surface area contributed by atoms with Gasteiger partial charge in [-0.1, -0.05) is 12.2 Å². The normalized spacial score (nSPS) is 14.7. The van der Waals surface area contributed by atoms with Crippen LogP contribution in [-0.4, -0.2) is 24.3 Å². The van der Waals surface area contributed by atoms with Gasteiger partial charge in [0.2, 0.25) is 0 Å². The summed E-state index contributed by atoms with van der Waals surface area (Å²) in [5, 5.41) is 10.1. The van der Waals surface area contributed by atoms with Crippen LogP contribution in [0.1, 0.15) is 34.3 Å². The molecule has 0 bridgehead atoms. The molecule has 0 aliphatic heterocycles. The third-order valence-corrected chi connectivity index (χ3v) is 3.35. The lowest BCUT2D eigenvalue weighted by Gasteiger charge is -2.18. The Morgan fingerprint density at radius 2 is 1.95 bits per heavy atom. The van der Waals surface area contributed by atoms with Crippen molar-refractivity contribution in [2.75, 3.05) is 7.11 Å². The molecule has 0 spiro atoms. The van der Waals surface area contributed by atoms with Crippen molar-refractivity contribution in [3.63, 3.8) is 0 Å². The molecule has 1 aromatic rings. The minimum atomic E-state index is -0.535. The van der Waals surface area contributed by atoms with E-state index in [4.69, 9.17) is 4.74 Å². The number of hydrogen-bond acceptors (Lipinski definition) is 4. The molecule has 1 aliphatic rings. The summed E-state index contributed by atoms with van der Waals surface area (Å²) in [4.78, 5) is 11.6. The van der Waals surface area contributed by atoms with Gasteiger partial charge in [-0.25, -0.2) is 4.79 Å². The molecule has 1 N–H and O–H groups in total. The number of carbonyl (C=O) groups is 1. The Balaban J connectivity index is 2.34. The van der Waals surface area contributed by atoms with Crippen LogP contribution in [-0.2, 0) is 4.74 Å². The van der Waals surface area contributed by atoms with Crippen molar-refractivity contribution in [3.05, 3.63) is 34.9 Å². The number of ether oxygens (including phenoxy) is 2. The monoisotopic (exact) mass is 262 g/mol. The molecule has 1 aromatic carbocycles. The SMILES string of the molecule is COC(=O)c1c(C)cc(OC2CC=CC2)c(C)c1O. The first kappa shape index (κ1) is 13.5. The lowest BCUT2D eigenvalue weighted by atomic mass is 10.0. The molecule has 102 valence electrons. The van der Waals surface area contributed by atoms with Gasteiger partial charge in [0.25, 0.3) is 0 Å². The first-order valence-corrected chi connectivity index (χ1v) is 6.27. The van der Waals surface area contributed by atoms with Gasteiger partial charge in [0, 0.05) is 18.4 Å². The van der Waals surface area contributed by atoms with Crippen molar-refractivity contribution < 1.29 is 19.4 Å². The fraction of sp³-hybridized carbons (Fsp3) is 0.400. The molecule has 4 heteroatoms. The molecule has 0 heterocycles. The number of phenols is 1. The van der Waals surface area contributed by atoms with Crippen LogP contribution in [0.2, 0.25) is 0 Å². The number of aryl methyl sites for hydroxylation is 1. The van der Waals surface area contributed by atoms with E-state index >= 15 is 0 Å². The fourth-order valence-corrected chi connectivity index (χ4v) is 2.22. The molecule has 0 aromatic heterocycles. The number of aromatic hydroxyl groups is 1. The number of phenolic OH excluding ortho intramolecular Hbond substituents is 1. The molecule has 2 rings (SSSR count). The van der Waals surface area contributed by atoms with Crippen LogP contribution in [0.3, 0.4) is 0 Å². The van der Waals surface area contributed by atoms with Gasteiger partial charge in [0.15, 0.2) is 0 Å². The minimum Gasteiger partial charge on any atom is -0.507 e. The summed E-state index contributed by atoms with van der Waals surface area (Å²) in [6, 6.07) is 1.78. The predicted octanol–water partition coefficient (Wildman–Crippen LogP) is 2.89. The lowest BCUT2D eigenvalue weighted by molar-refractivity contribution is 0.0596. The summed E-state index contributed by atoms with van der Waals surface area (Å²) in [6.07, 6.45) is 6.02. The maximum atomic E-state index is 11.6. The Kier molecular flexibility index (Phi) is 3.79. The van der Waals surface area contributed by atoms with E-state index < -0.39 is 5.97 Å². The largest absolute Gasteiger partial charge is 0.507 e. The third-order valence-electron chi connectivity index (χ3n) is 3.35. The highest BCUT2D eigenvalue weighted by molar-refractivity contribution is 5.95. The van der Waals surface area contributed by atoms with Crippen molar-refractivity contribution in [2.24, 2.45) is 0 Å². The van der Waals surface area contributed by atoms with Crippen molar-refractivity contribution in [3.8, 4) is 11.5 Å². The van der Waals surface area contributed by atoms with Crippen LogP contribution >= 0.6 is 0 Å². The Morgan fingerprint density at radius 1 is 1.32 bits per heavy atom. The molecule has 0 radical (unpaired) electrons. The fourth-order valence-electron chi connectivity index (χ4n) is 2.22. The van der Waals surface area contributed by atoms with Gasteiger partial charge in [-0.3, -0.25) is 0 Å². The quantitative estimate of drug-likeness (QED) is 0.672. The summed E-state index contributed by atoms with van der Waals surface area (Å²) in [6.45, 7) is 3.49. The summed E-state index contributed by atoms with van der Waals surface area (Å²) >= 11 is 0. The number of rotatable bonds is 3. The number of methoxy groups -OCH3 is 1. The molecule has 0 fully saturated rings. The summed E-state index contributed by atoms with van der Waals surface area (Å²) in [5.41, 5.74) is 1.42. The predicted molar refractivity (Wildman–Crippen MR) is 71.7 cm³/mol. The second kappa shape index (κ2) is 5.34. The average Bonchev–Trinajstić information content (AvgIpc) is 2.88. The van der Waals surface area contributed by atoms with E-state index in [1.54, 1.807) is 19.9 Å². The van der Waals surface area contributed by atoms with Crippen LogP contribution in [0.5, 0.6) is 11.5 Å². The molecule has 1 aliphatic carbocycles. The smallest absolute Gasteiger partial charge is 0.341 e. The summed E-state index contributed by atoms with van der Waals surface area (Å²) in [5.74, 6) is 0.0244. The van der Waals surface area contributed by atoms with Gasteiger partial charge in [-0.15, -0.1) is 0 Å². The number of carbonyl (C=O) groups excluding carboxylic acids is 1. The van der Waals surface area contributed by atoms with E-state index in [-0.39, 0.29) is 17.4 Å². The molecule has 0 amide bonds. The highest BCUT2D eigenvalue weighted by Gasteiger charge is 2.22. The molecule has 19 heavy (non-hydrogen) atoms. The Labute approximate surface area is 112 Å². The maximum absolute atomic E-state index is 11.6. The van der Waals surface area contributed by atoms with Crippen molar-refractivity contribution >= 4 is 5.97 Å². The van der Waals surface area contributed by atoms with Crippen LogP contribution in [0.25, 0.3) is 0 Å². The highest BCUT2D eigenvalue weighted by Crippen LogP contribution is 2.35. The Bertz CT molecular complexity index is 523. The standard InChI is InChI=1S/C15H18O4/c1-9-8-12(19-11-6-4-5-7-11)10(2)14(16)13(9)15(17)18-3/h4-5,8,11,16H,6-7H2,1-3H3. The van der Waals surface area contributed by atoms with Crippen LogP contribution in [0, 0.1) is 13.8 Å². The zero-order valence-electron chi connectivity index (χ0n) is 11.4. The van der Waals surface area contributed by atoms with Crippen LogP contribution in [0.4, 0.5) is 0 Å². The molecule has 0 atom stereocenters. The first-order valence-electron chi connectivity index (χ1n) is 6.27. The van der Waals surface area contributed by atoms with Crippen molar-refractivity contribution in [1.82, 2.24) is 0 Å². The molecule has 0 unspecified atom stereocenters. The zero-order valence-corrected chi connectivity index (χ0v) is 11.4. The van der Waals surface area contributed by atoms with Gasteiger partial charge >= 0.3 is 5.97 Å². The van der Waals surface area contributed by atoms with Gasteiger partial charge in [-0.05, 0) is 25.5 Å². The summed E-state index contributed by atoms with van der Waals surface area (Å²) < 4.78 is 10.5. The minimum absolute atomic E-state index is 0.0622. The lowest BCUT2D eigenvalue weighted by Crippen LogP contribution is -2.13. The second-order valence-corrected chi connectivity index (χ2v) is 4.71. The number of hydrogen-bond donors (Lipinski definition) is 1. The highest BCUT2D eigenvalue weighted by atomic mass is 16.5. The maximum Gasteiger partial charge on any atom is 0.341 e. The molecular formula is C15H18O4. The van der Waals surface area contributed by atoms with E-state index in [1.165, 1.54) is 7.11 Å². The van der Waals surface area contributed by atoms with E-state index in [0.717, 1.165) is 12.8 Å². The first-order chi connectivity index (χ1) is 9.04. The molecule has 0 saturated heterocycles. The van der Waals surface area contributed by atoms with Crippen LogP contribution in [0.15, 0.2) is 18.2 Å². The Hall–Kier alpha value is -1.97. The van der Waals surface area contributed by atoms with E-state index in [0.29, 0.717) is 16.9 Å². The van der Waals surface area contributed by atoms with Gasteiger partial charge in [0.1, 0.15) is 23.2 Å².